The van der Waals surface area contributed by atoms with E-state index in [-0.39, 0.29) is 18.1 Å². The second-order valence-electron chi connectivity index (χ2n) is 8.45. The molecule has 0 aliphatic rings. The van der Waals surface area contributed by atoms with Gasteiger partial charge in [-0.1, -0.05) is 38.5 Å². The normalized spacial score (nSPS) is 14.7. The first-order valence-corrected chi connectivity index (χ1v) is 9.59. The van der Waals surface area contributed by atoms with E-state index in [4.69, 9.17) is 8.92 Å². The highest BCUT2D eigenvalue weighted by molar-refractivity contribution is 7.86. The van der Waals surface area contributed by atoms with Gasteiger partial charge in [0, 0.05) is 12.1 Å². The molecule has 1 amide bonds. The molecule has 0 fully saturated rings. The molecule has 1 aromatic carbocycles. The number of carbonyl (C=O) groups is 1. The molecule has 0 heterocycles. The molecule has 2 N–H and O–H groups in total. The van der Waals surface area contributed by atoms with E-state index in [1.807, 2.05) is 52.0 Å². The lowest BCUT2D eigenvalue weighted by atomic mass is 9.88. The summed E-state index contributed by atoms with van der Waals surface area (Å²) >= 11 is -1.32. The SMILES string of the molecule is Cc1ccc([S+](O)OCC(CC(C)(C)C)NC(=O)OC(C)(C)C)cc1. The highest BCUT2D eigenvalue weighted by atomic mass is 32.2. The molecule has 142 valence electrons. The number of ether oxygens (including phenoxy) is 1. The van der Waals surface area contributed by atoms with E-state index in [0.717, 1.165) is 10.5 Å². The summed E-state index contributed by atoms with van der Waals surface area (Å²) in [6, 6.07) is 7.31. The van der Waals surface area contributed by atoms with Crippen molar-refractivity contribution in [2.45, 2.75) is 71.4 Å². The molecule has 1 rings (SSSR count). The Kier molecular flexibility index (Phi) is 7.78. The number of hydrogen-bond acceptors (Lipinski definition) is 4. The average molecular weight is 371 g/mol. The Balaban J connectivity index is 2.66. The zero-order valence-electron chi connectivity index (χ0n) is 16.4. The summed E-state index contributed by atoms with van der Waals surface area (Å²) in [4.78, 5) is 12.8. The van der Waals surface area contributed by atoms with Crippen LogP contribution < -0.4 is 5.32 Å². The number of alkyl carbamates (subject to hydrolysis) is 1. The number of hydrogen-bond donors (Lipinski definition) is 2. The number of rotatable bonds is 6. The van der Waals surface area contributed by atoms with E-state index < -0.39 is 23.2 Å². The minimum atomic E-state index is -1.32. The molecular weight excluding hydrogens is 338 g/mol. The number of nitrogens with one attached hydrogen (secondary N) is 1. The number of benzene rings is 1. The van der Waals surface area contributed by atoms with Crippen molar-refractivity contribution < 1.29 is 18.3 Å². The third kappa shape index (κ3) is 9.72. The van der Waals surface area contributed by atoms with Crippen LogP contribution in [-0.2, 0) is 20.4 Å². The topological polar surface area (TPSA) is 67.8 Å². The molecule has 0 aromatic heterocycles. The standard InChI is InChI=1S/C19H31NO4S/c1-14-8-10-16(11-9-14)25(22)23-13-15(12-18(2,3)4)20-17(21)24-19(5,6)7/h8-11,15,22H,12-13H2,1-7H3/p+1. The summed E-state index contributed by atoms with van der Waals surface area (Å²) in [5.74, 6) is 0. The highest BCUT2D eigenvalue weighted by Crippen LogP contribution is 2.22. The van der Waals surface area contributed by atoms with Crippen molar-refractivity contribution in [3.05, 3.63) is 29.8 Å². The monoisotopic (exact) mass is 370 g/mol. The molecule has 2 atom stereocenters. The summed E-state index contributed by atoms with van der Waals surface area (Å²) in [5.41, 5.74) is 0.569. The molecule has 0 saturated carbocycles. The minimum absolute atomic E-state index is 0.000954. The van der Waals surface area contributed by atoms with Gasteiger partial charge in [-0.25, -0.2) is 4.79 Å². The summed E-state index contributed by atoms with van der Waals surface area (Å²) in [5, 5.41) is 2.85. The molecule has 0 radical (unpaired) electrons. The van der Waals surface area contributed by atoms with Gasteiger partial charge in [-0.2, -0.15) is 0 Å². The largest absolute Gasteiger partial charge is 0.444 e. The molecule has 0 saturated heterocycles. The summed E-state index contributed by atoms with van der Waals surface area (Å²) in [6.07, 6.45) is 0.232. The first-order chi connectivity index (χ1) is 11.4. The van der Waals surface area contributed by atoms with Crippen LogP contribution in [0.1, 0.15) is 53.5 Å². The third-order valence-corrected chi connectivity index (χ3v) is 4.22. The molecular formula is C19H32NO4S+. The zero-order chi connectivity index (χ0) is 19.3. The molecule has 2 unspecified atom stereocenters. The van der Waals surface area contributed by atoms with Crippen LogP contribution in [0.3, 0.4) is 0 Å². The Morgan fingerprint density at radius 3 is 2.20 bits per heavy atom. The Bertz CT molecular complexity index is 546. The molecule has 0 aliphatic heterocycles. The van der Waals surface area contributed by atoms with Crippen LogP contribution in [0.2, 0.25) is 0 Å². The fourth-order valence-electron chi connectivity index (χ4n) is 2.23. The van der Waals surface area contributed by atoms with Crippen molar-refractivity contribution in [1.82, 2.24) is 5.32 Å². The second kappa shape index (κ2) is 8.92. The van der Waals surface area contributed by atoms with E-state index in [0.29, 0.717) is 6.42 Å². The fourth-order valence-corrected chi connectivity index (χ4v) is 3.03. The average Bonchev–Trinajstić information content (AvgIpc) is 2.41. The van der Waals surface area contributed by atoms with Crippen LogP contribution >= 0.6 is 0 Å². The van der Waals surface area contributed by atoms with Crippen molar-refractivity contribution in [3.63, 3.8) is 0 Å². The molecule has 0 spiro atoms. The lowest BCUT2D eigenvalue weighted by molar-refractivity contribution is 0.0472. The first kappa shape index (κ1) is 21.8. The molecule has 6 heteroatoms. The smallest absolute Gasteiger partial charge is 0.407 e. The molecule has 0 aliphatic carbocycles. The van der Waals surface area contributed by atoms with Gasteiger partial charge in [0.25, 0.3) is 0 Å². The highest BCUT2D eigenvalue weighted by Gasteiger charge is 2.29. The van der Waals surface area contributed by atoms with Gasteiger partial charge < -0.3 is 10.1 Å². The maximum absolute atomic E-state index is 12.1. The lowest BCUT2D eigenvalue weighted by Crippen LogP contribution is -2.43. The number of amides is 1. The number of aryl methyl sites for hydroxylation is 1. The van der Waals surface area contributed by atoms with E-state index in [1.54, 1.807) is 0 Å². The van der Waals surface area contributed by atoms with Crippen LogP contribution in [0.15, 0.2) is 29.2 Å². The predicted molar refractivity (Wildman–Crippen MR) is 103 cm³/mol. The van der Waals surface area contributed by atoms with Crippen molar-refractivity contribution in [3.8, 4) is 0 Å². The third-order valence-electron chi connectivity index (χ3n) is 3.18. The Morgan fingerprint density at radius 2 is 1.72 bits per heavy atom. The van der Waals surface area contributed by atoms with Gasteiger partial charge in [-0.15, -0.1) is 8.74 Å². The van der Waals surface area contributed by atoms with Crippen molar-refractivity contribution in [1.29, 1.82) is 0 Å². The van der Waals surface area contributed by atoms with Gasteiger partial charge >= 0.3 is 17.5 Å². The van der Waals surface area contributed by atoms with Crippen molar-refractivity contribution in [2.24, 2.45) is 5.41 Å². The van der Waals surface area contributed by atoms with E-state index in [2.05, 4.69) is 26.1 Å². The first-order valence-electron chi connectivity index (χ1n) is 8.48. The van der Waals surface area contributed by atoms with Gasteiger partial charge in [-0.05, 0) is 39.5 Å². The van der Waals surface area contributed by atoms with E-state index in [9.17, 15) is 9.35 Å². The second-order valence-corrected chi connectivity index (χ2v) is 9.66. The summed E-state index contributed by atoms with van der Waals surface area (Å²) < 4.78 is 21.2. The molecule has 1 aromatic rings. The number of carbonyl (C=O) groups excluding carboxylic acids is 1. The minimum Gasteiger partial charge on any atom is -0.444 e. The van der Waals surface area contributed by atoms with Gasteiger partial charge in [0.05, 0.1) is 6.04 Å². The van der Waals surface area contributed by atoms with Crippen molar-refractivity contribution >= 4 is 17.5 Å². The van der Waals surface area contributed by atoms with E-state index in [1.165, 1.54) is 0 Å². The van der Waals surface area contributed by atoms with Gasteiger partial charge in [0.15, 0.2) is 0 Å². The van der Waals surface area contributed by atoms with Crippen LogP contribution in [-0.4, -0.2) is 28.9 Å². The predicted octanol–water partition coefficient (Wildman–Crippen LogP) is 4.71. The van der Waals surface area contributed by atoms with Gasteiger partial charge in [0.2, 0.25) is 4.90 Å². The van der Waals surface area contributed by atoms with Crippen LogP contribution in [0.5, 0.6) is 0 Å². The quantitative estimate of drug-likeness (QED) is 0.712. The Hall–Kier alpha value is -1.24. The summed E-state index contributed by atoms with van der Waals surface area (Å²) in [7, 11) is 0. The lowest BCUT2D eigenvalue weighted by Gasteiger charge is -2.27. The fraction of sp³-hybridized carbons (Fsp3) is 0.632. The maximum atomic E-state index is 12.1. The van der Waals surface area contributed by atoms with Crippen LogP contribution in [0.25, 0.3) is 0 Å². The van der Waals surface area contributed by atoms with Gasteiger partial charge in [-0.3, -0.25) is 0 Å². The molecule has 0 bridgehead atoms. The van der Waals surface area contributed by atoms with E-state index >= 15 is 0 Å². The molecule has 25 heavy (non-hydrogen) atoms. The van der Waals surface area contributed by atoms with Crippen molar-refractivity contribution in [2.75, 3.05) is 6.61 Å². The molecule has 5 nitrogen and oxygen atoms in total. The summed E-state index contributed by atoms with van der Waals surface area (Å²) in [6.45, 7) is 14.0. The van der Waals surface area contributed by atoms with Crippen LogP contribution in [0, 0.1) is 12.3 Å². The zero-order valence-corrected chi connectivity index (χ0v) is 17.2. The van der Waals surface area contributed by atoms with Crippen LogP contribution in [0.4, 0.5) is 4.79 Å². The van der Waals surface area contributed by atoms with Gasteiger partial charge in [0.1, 0.15) is 12.2 Å². The maximum Gasteiger partial charge on any atom is 0.407 e. The Labute approximate surface area is 154 Å². The Morgan fingerprint density at radius 1 is 1.16 bits per heavy atom.